The van der Waals surface area contributed by atoms with Crippen LogP contribution in [-0.2, 0) is 20.9 Å². The molecule has 0 aliphatic carbocycles. The van der Waals surface area contributed by atoms with Crippen LogP contribution in [0.4, 0.5) is 10.1 Å². The molecule has 1 saturated heterocycles. The van der Waals surface area contributed by atoms with Crippen molar-refractivity contribution in [3.8, 4) is 5.75 Å². The Labute approximate surface area is 197 Å². The van der Waals surface area contributed by atoms with Crippen LogP contribution in [0, 0.1) is 5.82 Å². The lowest BCUT2D eigenvalue weighted by molar-refractivity contribution is -0.134. The lowest BCUT2D eigenvalue weighted by Crippen LogP contribution is -2.53. The van der Waals surface area contributed by atoms with E-state index < -0.39 is 0 Å². The van der Waals surface area contributed by atoms with E-state index in [-0.39, 0.29) is 54.8 Å². The first kappa shape index (κ1) is 23.7. The summed E-state index contributed by atoms with van der Waals surface area (Å²) >= 11 is 0. The van der Waals surface area contributed by atoms with Crippen LogP contribution in [0.5, 0.6) is 5.75 Å². The van der Waals surface area contributed by atoms with Gasteiger partial charge in [-0.2, -0.15) is 0 Å². The van der Waals surface area contributed by atoms with Crippen molar-refractivity contribution in [3.63, 3.8) is 0 Å². The van der Waals surface area contributed by atoms with Gasteiger partial charge in [-0.1, -0.05) is 12.1 Å². The SMILES string of the molecule is CC(=O)Nc1ccc2c(c1)C(=O)N(C)[C@H]1CC[C@@H](CC(=O)NCc3ccc(F)cc3)O[C@H]1CO2. The highest BCUT2D eigenvalue weighted by atomic mass is 19.1. The zero-order valence-electron chi connectivity index (χ0n) is 19.2. The number of rotatable bonds is 5. The van der Waals surface area contributed by atoms with Crippen LogP contribution in [0.1, 0.15) is 42.1 Å². The van der Waals surface area contributed by atoms with Gasteiger partial charge in [-0.25, -0.2) is 4.39 Å². The van der Waals surface area contributed by atoms with Gasteiger partial charge in [0.05, 0.1) is 24.1 Å². The van der Waals surface area contributed by atoms with Crippen molar-refractivity contribution < 1.29 is 28.2 Å². The Bertz CT molecular complexity index is 1070. The summed E-state index contributed by atoms with van der Waals surface area (Å²) in [6.07, 6.45) is 0.830. The summed E-state index contributed by atoms with van der Waals surface area (Å²) < 4.78 is 25.1. The number of amides is 3. The van der Waals surface area contributed by atoms with Gasteiger partial charge < -0.3 is 25.0 Å². The highest BCUT2D eigenvalue weighted by Crippen LogP contribution is 2.32. The van der Waals surface area contributed by atoms with Crippen LogP contribution in [0.2, 0.25) is 0 Å². The fraction of sp³-hybridized carbons (Fsp3) is 0.400. The summed E-state index contributed by atoms with van der Waals surface area (Å²) in [5.74, 6) is -0.482. The van der Waals surface area contributed by atoms with Crippen molar-refractivity contribution in [2.24, 2.45) is 0 Å². The van der Waals surface area contributed by atoms with Gasteiger partial charge in [-0.3, -0.25) is 14.4 Å². The van der Waals surface area contributed by atoms with Crippen LogP contribution in [0.3, 0.4) is 0 Å². The molecule has 8 nitrogen and oxygen atoms in total. The lowest BCUT2D eigenvalue weighted by atomic mass is 9.94. The largest absolute Gasteiger partial charge is 0.490 e. The number of nitrogens with one attached hydrogen (secondary N) is 2. The Morgan fingerprint density at radius 3 is 2.65 bits per heavy atom. The number of hydrogen-bond donors (Lipinski definition) is 2. The zero-order valence-corrected chi connectivity index (χ0v) is 19.2. The Morgan fingerprint density at radius 1 is 1.15 bits per heavy atom. The smallest absolute Gasteiger partial charge is 0.257 e. The molecule has 2 heterocycles. The highest BCUT2D eigenvalue weighted by Gasteiger charge is 2.39. The van der Waals surface area contributed by atoms with Gasteiger partial charge in [-0.05, 0) is 48.7 Å². The van der Waals surface area contributed by atoms with Crippen LogP contribution < -0.4 is 15.4 Å². The number of carbonyl (C=O) groups excluding carboxylic acids is 3. The maximum Gasteiger partial charge on any atom is 0.257 e. The average molecular weight is 470 g/mol. The minimum absolute atomic E-state index is 0.153. The fourth-order valence-corrected chi connectivity index (χ4v) is 4.39. The molecule has 34 heavy (non-hydrogen) atoms. The van der Waals surface area contributed by atoms with E-state index in [0.717, 1.165) is 5.56 Å². The predicted octanol–water partition coefficient (Wildman–Crippen LogP) is 2.87. The van der Waals surface area contributed by atoms with E-state index in [4.69, 9.17) is 9.47 Å². The minimum atomic E-state index is -0.374. The van der Waals surface area contributed by atoms with E-state index >= 15 is 0 Å². The molecule has 0 unspecified atom stereocenters. The highest BCUT2D eigenvalue weighted by molar-refractivity contribution is 5.99. The summed E-state index contributed by atoms with van der Waals surface area (Å²) in [5, 5.41) is 5.53. The molecule has 3 atom stereocenters. The molecule has 2 aliphatic rings. The van der Waals surface area contributed by atoms with E-state index in [9.17, 15) is 18.8 Å². The number of halogens is 1. The number of benzene rings is 2. The monoisotopic (exact) mass is 469 g/mol. The van der Waals surface area contributed by atoms with Crippen molar-refractivity contribution in [1.82, 2.24) is 10.2 Å². The molecule has 2 aliphatic heterocycles. The number of ether oxygens (including phenoxy) is 2. The summed E-state index contributed by atoms with van der Waals surface area (Å²) in [6.45, 7) is 1.96. The summed E-state index contributed by atoms with van der Waals surface area (Å²) in [5.41, 5.74) is 1.73. The van der Waals surface area contributed by atoms with Gasteiger partial charge in [0.15, 0.2) is 0 Å². The van der Waals surface area contributed by atoms with Gasteiger partial charge in [0.25, 0.3) is 5.91 Å². The second-order valence-electron chi connectivity index (χ2n) is 8.67. The molecule has 2 aromatic carbocycles. The molecule has 2 N–H and O–H groups in total. The van der Waals surface area contributed by atoms with Crippen LogP contribution in [-0.4, -0.2) is 54.5 Å². The van der Waals surface area contributed by atoms with Crippen LogP contribution in [0.15, 0.2) is 42.5 Å². The number of fused-ring (bicyclic) bond motifs is 2. The number of likely N-dealkylation sites (N-methyl/N-ethyl adjacent to an activating group) is 1. The standard InChI is InChI=1S/C25H28FN3O5/c1-15(30)28-18-7-10-22-20(11-18)25(32)29(2)21-9-8-19(34-23(21)14-33-22)12-24(31)27-13-16-3-5-17(26)6-4-16/h3-7,10-11,19,21,23H,8-9,12-14H2,1-2H3,(H,27,31)(H,28,30)/t19-,21-,23-/m0/s1. The number of carbonyl (C=O) groups is 3. The normalized spacial score (nSPS) is 21.9. The van der Waals surface area contributed by atoms with Crippen LogP contribution >= 0.6 is 0 Å². The Balaban J connectivity index is 1.38. The molecule has 9 heteroatoms. The molecular weight excluding hydrogens is 441 g/mol. The first-order chi connectivity index (χ1) is 16.3. The third kappa shape index (κ3) is 5.53. The third-order valence-corrected chi connectivity index (χ3v) is 6.15. The Hall–Kier alpha value is -3.46. The van der Waals surface area contributed by atoms with Gasteiger partial charge >= 0.3 is 0 Å². The molecule has 0 saturated carbocycles. The molecular formula is C25H28FN3O5. The molecule has 180 valence electrons. The number of nitrogens with zero attached hydrogens (tertiary/aromatic N) is 1. The topological polar surface area (TPSA) is 97.0 Å². The summed E-state index contributed by atoms with van der Waals surface area (Å²) in [4.78, 5) is 38.6. The van der Waals surface area contributed by atoms with E-state index in [1.54, 1.807) is 42.3 Å². The summed E-state index contributed by atoms with van der Waals surface area (Å²) in [6, 6.07) is 10.8. The molecule has 3 amide bonds. The van der Waals surface area contributed by atoms with Gasteiger partial charge in [-0.15, -0.1) is 0 Å². The average Bonchev–Trinajstić information content (AvgIpc) is 2.81. The second kappa shape index (κ2) is 10.2. The quantitative estimate of drug-likeness (QED) is 0.702. The summed E-state index contributed by atoms with van der Waals surface area (Å²) in [7, 11) is 1.74. The molecule has 0 aromatic heterocycles. The molecule has 0 bridgehead atoms. The molecule has 1 fully saturated rings. The third-order valence-electron chi connectivity index (χ3n) is 6.15. The van der Waals surface area contributed by atoms with Crippen molar-refractivity contribution >= 4 is 23.4 Å². The van der Waals surface area contributed by atoms with Crippen molar-refractivity contribution in [3.05, 3.63) is 59.4 Å². The van der Waals surface area contributed by atoms with Gasteiger partial charge in [0.2, 0.25) is 11.8 Å². The van der Waals surface area contributed by atoms with E-state index in [0.29, 0.717) is 36.4 Å². The molecule has 2 aromatic rings. The van der Waals surface area contributed by atoms with Crippen molar-refractivity contribution in [1.29, 1.82) is 0 Å². The second-order valence-corrected chi connectivity index (χ2v) is 8.67. The molecule has 4 rings (SSSR count). The Morgan fingerprint density at radius 2 is 1.91 bits per heavy atom. The number of anilines is 1. The van der Waals surface area contributed by atoms with E-state index in [2.05, 4.69) is 10.6 Å². The maximum atomic E-state index is 13.2. The Kier molecular flexibility index (Phi) is 7.12. The maximum absolute atomic E-state index is 13.2. The van der Waals surface area contributed by atoms with E-state index in [1.807, 2.05) is 0 Å². The minimum Gasteiger partial charge on any atom is -0.490 e. The molecule has 0 spiro atoms. The van der Waals surface area contributed by atoms with Crippen molar-refractivity contribution in [2.45, 2.75) is 51.0 Å². The predicted molar refractivity (Wildman–Crippen MR) is 123 cm³/mol. The van der Waals surface area contributed by atoms with E-state index in [1.165, 1.54) is 19.1 Å². The zero-order chi connectivity index (χ0) is 24.2. The van der Waals surface area contributed by atoms with Gasteiger partial charge in [0, 0.05) is 26.2 Å². The lowest BCUT2D eigenvalue weighted by Gasteiger charge is -2.42. The fourth-order valence-electron chi connectivity index (χ4n) is 4.39. The van der Waals surface area contributed by atoms with Crippen LogP contribution in [0.25, 0.3) is 0 Å². The first-order valence-corrected chi connectivity index (χ1v) is 11.3. The van der Waals surface area contributed by atoms with Gasteiger partial charge in [0.1, 0.15) is 24.3 Å². The molecule has 0 radical (unpaired) electrons. The first-order valence-electron chi connectivity index (χ1n) is 11.3. The van der Waals surface area contributed by atoms with Crippen molar-refractivity contribution in [2.75, 3.05) is 19.0 Å². The number of hydrogen-bond acceptors (Lipinski definition) is 5.